The number of rotatable bonds is 8. The van der Waals surface area contributed by atoms with Gasteiger partial charge in [-0.3, -0.25) is 9.69 Å². The van der Waals surface area contributed by atoms with Crippen molar-refractivity contribution in [1.29, 1.82) is 0 Å². The molecule has 0 spiro atoms. The first kappa shape index (κ1) is 23.6. The number of likely N-dealkylation sites (N-methyl/N-ethyl adjacent to an activating group) is 1. The molecule has 1 aliphatic heterocycles. The zero-order valence-electron chi connectivity index (χ0n) is 20.0. The van der Waals surface area contributed by atoms with Crippen LogP contribution in [-0.4, -0.2) is 64.9 Å². The van der Waals surface area contributed by atoms with Crippen LogP contribution in [-0.2, 0) is 5.75 Å². The van der Waals surface area contributed by atoms with Gasteiger partial charge in [-0.15, -0.1) is 11.8 Å². The van der Waals surface area contributed by atoms with Crippen LogP contribution in [0.4, 0.5) is 0 Å². The van der Waals surface area contributed by atoms with Crippen molar-refractivity contribution in [3.05, 3.63) is 102 Å². The zero-order valence-corrected chi connectivity index (χ0v) is 20.8. The molecule has 2 aromatic heterocycles. The van der Waals surface area contributed by atoms with Gasteiger partial charge in [0.1, 0.15) is 5.65 Å². The van der Waals surface area contributed by atoms with E-state index in [1.54, 1.807) is 11.8 Å². The Kier molecular flexibility index (Phi) is 7.47. The molecule has 1 saturated heterocycles. The second kappa shape index (κ2) is 11.1. The van der Waals surface area contributed by atoms with Crippen molar-refractivity contribution >= 4 is 23.3 Å². The van der Waals surface area contributed by atoms with Gasteiger partial charge in [-0.25, -0.2) is 4.98 Å². The monoisotopic (exact) mass is 485 g/mol. The lowest BCUT2D eigenvalue weighted by atomic mass is 10.0. The van der Waals surface area contributed by atoms with E-state index in [2.05, 4.69) is 45.5 Å². The summed E-state index contributed by atoms with van der Waals surface area (Å²) in [4.78, 5) is 23.7. The third kappa shape index (κ3) is 6.11. The molecular formula is C28H31N5OS. The highest BCUT2D eigenvalue weighted by molar-refractivity contribution is 7.98. The minimum Gasteiger partial charge on any atom is -0.344 e. The Bertz CT molecular complexity index is 1220. The molecule has 1 unspecified atom stereocenters. The predicted octanol–water partition coefficient (Wildman–Crippen LogP) is 4.35. The van der Waals surface area contributed by atoms with Gasteiger partial charge in [0.05, 0.1) is 11.7 Å². The van der Waals surface area contributed by atoms with Crippen LogP contribution in [0.25, 0.3) is 5.65 Å². The third-order valence-corrected chi connectivity index (χ3v) is 7.51. The lowest BCUT2D eigenvalue weighted by Crippen LogP contribution is -2.47. The summed E-state index contributed by atoms with van der Waals surface area (Å²) in [5.41, 5.74) is 3.82. The molecule has 35 heavy (non-hydrogen) atoms. The Balaban J connectivity index is 1.21. The van der Waals surface area contributed by atoms with Crippen molar-refractivity contribution in [1.82, 2.24) is 24.5 Å². The number of imidazole rings is 1. The van der Waals surface area contributed by atoms with E-state index in [4.69, 9.17) is 0 Å². The molecule has 0 bridgehead atoms. The Hall–Kier alpha value is -3.13. The molecule has 1 amide bonds. The number of piperazine rings is 1. The molecule has 3 heterocycles. The summed E-state index contributed by atoms with van der Waals surface area (Å²) in [6, 6.07) is 24.1. The topological polar surface area (TPSA) is 52.9 Å². The molecule has 5 rings (SSSR count). The number of fused-ring (bicyclic) bond motifs is 1. The van der Waals surface area contributed by atoms with E-state index in [1.165, 1.54) is 0 Å². The van der Waals surface area contributed by atoms with Gasteiger partial charge in [-0.05, 0) is 49.0 Å². The summed E-state index contributed by atoms with van der Waals surface area (Å²) in [5, 5.41) is 3.29. The summed E-state index contributed by atoms with van der Waals surface area (Å²) in [6.45, 7) is 4.98. The maximum Gasteiger partial charge on any atom is 0.251 e. The van der Waals surface area contributed by atoms with Gasteiger partial charge in [0.15, 0.2) is 0 Å². The highest BCUT2D eigenvalue weighted by Gasteiger charge is 2.21. The Morgan fingerprint density at radius 1 is 0.971 bits per heavy atom. The quantitative estimate of drug-likeness (QED) is 0.376. The van der Waals surface area contributed by atoms with Gasteiger partial charge in [-0.1, -0.05) is 36.4 Å². The van der Waals surface area contributed by atoms with Gasteiger partial charge < -0.3 is 14.6 Å². The number of hydrogen-bond acceptors (Lipinski definition) is 5. The average molecular weight is 486 g/mol. The van der Waals surface area contributed by atoms with Crippen molar-refractivity contribution in [3.8, 4) is 0 Å². The molecule has 0 saturated carbocycles. The van der Waals surface area contributed by atoms with E-state index in [9.17, 15) is 4.79 Å². The molecule has 0 radical (unpaired) electrons. The summed E-state index contributed by atoms with van der Waals surface area (Å²) >= 11 is 1.73. The van der Waals surface area contributed by atoms with Crippen molar-refractivity contribution in [3.63, 3.8) is 0 Å². The first-order valence-electron chi connectivity index (χ1n) is 12.1. The van der Waals surface area contributed by atoms with Crippen molar-refractivity contribution in [2.75, 3.05) is 39.8 Å². The van der Waals surface area contributed by atoms with Gasteiger partial charge in [-0.2, -0.15) is 0 Å². The van der Waals surface area contributed by atoms with Gasteiger partial charge in [0, 0.05) is 61.3 Å². The lowest BCUT2D eigenvalue weighted by molar-refractivity contribution is 0.0907. The molecule has 7 heteroatoms. The number of carbonyl (C=O) groups is 1. The largest absolute Gasteiger partial charge is 0.344 e. The van der Waals surface area contributed by atoms with Gasteiger partial charge >= 0.3 is 0 Å². The van der Waals surface area contributed by atoms with Crippen LogP contribution in [0.2, 0.25) is 0 Å². The summed E-state index contributed by atoms with van der Waals surface area (Å²) in [5.74, 6) is 0.749. The van der Waals surface area contributed by atoms with Crippen LogP contribution < -0.4 is 5.32 Å². The van der Waals surface area contributed by atoms with Crippen molar-refractivity contribution in [2.24, 2.45) is 0 Å². The number of nitrogens with zero attached hydrogens (tertiary/aromatic N) is 4. The van der Waals surface area contributed by atoms with Crippen molar-refractivity contribution in [2.45, 2.75) is 16.7 Å². The van der Waals surface area contributed by atoms with E-state index >= 15 is 0 Å². The fourth-order valence-electron chi connectivity index (χ4n) is 4.37. The van der Waals surface area contributed by atoms with E-state index in [0.29, 0.717) is 5.56 Å². The number of amides is 1. The Morgan fingerprint density at radius 2 is 1.71 bits per heavy atom. The molecular weight excluding hydrogens is 454 g/mol. The second-order valence-corrected chi connectivity index (χ2v) is 10.1. The lowest BCUT2D eigenvalue weighted by Gasteiger charge is -2.35. The summed E-state index contributed by atoms with van der Waals surface area (Å²) in [7, 11) is 2.16. The molecule has 1 atom stereocenters. The highest BCUT2D eigenvalue weighted by atomic mass is 32.2. The predicted molar refractivity (Wildman–Crippen MR) is 142 cm³/mol. The van der Waals surface area contributed by atoms with Crippen LogP contribution >= 0.6 is 11.8 Å². The first-order valence-corrected chi connectivity index (χ1v) is 13.0. The number of thioether (sulfide) groups is 1. The molecule has 2 aromatic carbocycles. The molecule has 1 N–H and O–H groups in total. The fraction of sp³-hybridized carbons (Fsp3) is 0.286. The zero-order chi connectivity index (χ0) is 24.0. The van der Waals surface area contributed by atoms with Crippen LogP contribution in [0.3, 0.4) is 0 Å². The minimum atomic E-state index is -0.0452. The molecule has 180 valence electrons. The van der Waals surface area contributed by atoms with Crippen LogP contribution in [0.1, 0.15) is 27.7 Å². The Labute approximate surface area is 211 Å². The smallest absolute Gasteiger partial charge is 0.251 e. The molecule has 4 aromatic rings. The maximum atomic E-state index is 13.2. The SMILES string of the molecule is CN1CCN(CC(NC(=O)c2ccc(SCc3cn4ccccc4n3)cc2)c2ccccc2)CC1. The first-order chi connectivity index (χ1) is 17.1. The highest BCUT2D eigenvalue weighted by Crippen LogP contribution is 2.23. The number of benzene rings is 2. The number of nitrogens with one attached hydrogen (secondary N) is 1. The van der Waals surface area contributed by atoms with Crippen molar-refractivity contribution < 1.29 is 4.79 Å². The van der Waals surface area contributed by atoms with Gasteiger partial charge in [0.25, 0.3) is 5.91 Å². The summed E-state index contributed by atoms with van der Waals surface area (Å²) in [6.07, 6.45) is 4.07. The van der Waals surface area contributed by atoms with E-state index < -0.39 is 0 Å². The summed E-state index contributed by atoms with van der Waals surface area (Å²) < 4.78 is 2.04. The molecule has 1 fully saturated rings. The number of carbonyl (C=O) groups excluding carboxylic acids is 1. The second-order valence-electron chi connectivity index (χ2n) is 9.05. The Morgan fingerprint density at radius 3 is 2.46 bits per heavy atom. The van der Waals surface area contributed by atoms with E-state index in [0.717, 1.165) is 60.3 Å². The van der Waals surface area contributed by atoms with Gasteiger partial charge in [0.2, 0.25) is 0 Å². The average Bonchev–Trinajstić information content (AvgIpc) is 3.32. The standard InChI is InChI=1S/C28H31N5OS/c1-31-15-17-32(18-16-31)20-26(22-7-3-2-4-8-22)30-28(34)23-10-12-25(13-11-23)35-21-24-19-33-14-6-5-9-27(33)29-24/h2-14,19,26H,15-18,20-21H2,1H3,(H,30,34). The maximum absolute atomic E-state index is 13.2. The molecule has 1 aliphatic rings. The van der Waals surface area contributed by atoms with E-state index in [-0.39, 0.29) is 11.9 Å². The molecule has 6 nitrogen and oxygen atoms in total. The third-order valence-electron chi connectivity index (χ3n) is 6.46. The number of aromatic nitrogens is 2. The molecule has 0 aliphatic carbocycles. The normalized spacial score (nSPS) is 15.8. The number of hydrogen-bond donors (Lipinski definition) is 1. The fourth-order valence-corrected chi connectivity index (χ4v) is 5.15. The minimum absolute atomic E-state index is 0.0371. The van der Waals surface area contributed by atoms with Crippen LogP contribution in [0.5, 0.6) is 0 Å². The number of pyridine rings is 1. The van der Waals surface area contributed by atoms with Crippen LogP contribution in [0, 0.1) is 0 Å². The van der Waals surface area contributed by atoms with E-state index in [1.807, 2.05) is 71.3 Å². The van der Waals surface area contributed by atoms with Crippen LogP contribution in [0.15, 0.2) is 90.1 Å².